The van der Waals surface area contributed by atoms with Crippen molar-refractivity contribution in [2.75, 3.05) is 7.11 Å². The lowest BCUT2D eigenvalue weighted by Gasteiger charge is -2.13. The molecule has 1 atom stereocenters. The summed E-state index contributed by atoms with van der Waals surface area (Å²) in [4.78, 5) is 15.1. The Bertz CT molecular complexity index is 373. The number of carboxylic acid groups (broad SMARTS) is 1. The lowest BCUT2D eigenvalue weighted by Crippen LogP contribution is -2.30. The van der Waals surface area contributed by atoms with Gasteiger partial charge in [-0.1, -0.05) is 0 Å². The maximum atomic E-state index is 11.1. The highest BCUT2D eigenvalue weighted by atomic mass is 16.5. The third-order valence-corrected chi connectivity index (χ3v) is 2.53. The number of hydrogen-bond donors (Lipinski definition) is 2. The largest absolute Gasteiger partial charge is 0.481 e. The minimum absolute atomic E-state index is 0.336. The van der Waals surface area contributed by atoms with Crippen molar-refractivity contribution in [2.45, 2.75) is 24.9 Å². The molecular weight excluding hydrogens is 208 g/mol. The highest BCUT2D eigenvalue weighted by Gasteiger charge is 2.29. The van der Waals surface area contributed by atoms with Crippen LogP contribution in [0.4, 0.5) is 0 Å². The van der Waals surface area contributed by atoms with Crippen molar-refractivity contribution in [1.82, 2.24) is 10.3 Å². The van der Waals surface area contributed by atoms with E-state index in [9.17, 15) is 4.79 Å². The molecular formula is C11H14N2O3. The van der Waals surface area contributed by atoms with E-state index in [4.69, 9.17) is 9.84 Å². The first-order valence-corrected chi connectivity index (χ1v) is 5.19. The summed E-state index contributed by atoms with van der Waals surface area (Å²) in [5.74, 6) is -0.391. The summed E-state index contributed by atoms with van der Waals surface area (Å²) in [7, 11) is 1.53. The average Bonchev–Trinajstić information content (AvgIpc) is 3.09. The summed E-state index contributed by atoms with van der Waals surface area (Å²) in [5, 5.41) is 12.2. The van der Waals surface area contributed by atoms with E-state index in [2.05, 4.69) is 10.3 Å². The predicted octanol–water partition coefficient (Wildman–Crippen LogP) is 0.968. The Morgan fingerprint density at radius 3 is 2.81 bits per heavy atom. The molecule has 0 amide bonds. The molecule has 0 spiro atoms. The van der Waals surface area contributed by atoms with Crippen LogP contribution in [0.15, 0.2) is 18.3 Å². The first-order valence-electron chi connectivity index (χ1n) is 5.19. The maximum absolute atomic E-state index is 11.1. The van der Waals surface area contributed by atoms with E-state index in [0.29, 0.717) is 17.5 Å². The molecule has 1 unspecified atom stereocenters. The second kappa shape index (κ2) is 4.49. The van der Waals surface area contributed by atoms with Crippen LogP contribution >= 0.6 is 0 Å². The van der Waals surface area contributed by atoms with E-state index in [1.165, 1.54) is 13.3 Å². The van der Waals surface area contributed by atoms with Gasteiger partial charge >= 0.3 is 5.97 Å². The number of aliphatic carboxylic acids is 1. The minimum atomic E-state index is -0.876. The van der Waals surface area contributed by atoms with Crippen molar-refractivity contribution in [3.05, 3.63) is 23.9 Å². The number of carbonyl (C=O) groups is 1. The van der Waals surface area contributed by atoms with Gasteiger partial charge in [-0.05, 0) is 24.5 Å². The summed E-state index contributed by atoms with van der Waals surface area (Å²) in [5.41, 5.74) is 0.653. The highest BCUT2D eigenvalue weighted by molar-refractivity contribution is 5.75. The molecule has 0 radical (unpaired) electrons. The maximum Gasteiger partial charge on any atom is 0.325 e. The molecule has 1 saturated carbocycles. The number of methoxy groups -OCH3 is 1. The van der Waals surface area contributed by atoms with Crippen LogP contribution in [0.1, 0.15) is 24.4 Å². The quantitative estimate of drug-likeness (QED) is 0.776. The number of pyridine rings is 1. The number of rotatable bonds is 5. The Hall–Kier alpha value is -1.62. The van der Waals surface area contributed by atoms with Gasteiger partial charge in [-0.25, -0.2) is 4.98 Å². The lowest BCUT2D eigenvalue weighted by atomic mass is 10.1. The lowest BCUT2D eigenvalue weighted by molar-refractivity contribution is -0.139. The monoisotopic (exact) mass is 222 g/mol. The predicted molar refractivity (Wildman–Crippen MR) is 57.3 cm³/mol. The molecule has 1 aromatic heterocycles. The van der Waals surface area contributed by atoms with Crippen LogP contribution in [0.5, 0.6) is 5.88 Å². The van der Waals surface area contributed by atoms with Crippen molar-refractivity contribution < 1.29 is 14.6 Å². The highest BCUT2D eigenvalue weighted by Crippen LogP contribution is 2.24. The summed E-state index contributed by atoms with van der Waals surface area (Å²) in [6, 6.07) is 3.05. The molecule has 16 heavy (non-hydrogen) atoms. The van der Waals surface area contributed by atoms with Gasteiger partial charge < -0.3 is 9.84 Å². The fourth-order valence-corrected chi connectivity index (χ4v) is 1.48. The molecule has 0 bridgehead atoms. The minimum Gasteiger partial charge on any atom is -0.481 e. The number of nitrogens with zero attached hydrogens (tertiary/aromatic N) is 1. The molecule has 2 rings (SSSR count). The summed E-state index contributed by atoms with van der Waals surface area (Å²) < 4.78 is 4.92. The van der Waals surface area contributed by atoms with E-state index in [1.54, 1.807) is 12.1 Å². The third kappa shape index (κ3) is 2.49. The molecule has 1 aliphatic rings. The molecule has 1 aliphatic carbocycles. The van der Waals surface area contributed by atoms with E-state index >= 15 is 0 Å². The molecule has 5 heteroatoms. The second-order valence-electron chi connectivity index (χ2n) is 3.85. The SMILES string of the molecule is COc1ccc(C(NC2CC2)C(=O)O)cn1. The number of hydrogen-bond acceptors (Lipinski definition) is 4. The number of carboxylic acids is 1. The van der Waals surface area contributed by atoms with Gasteiger partial charge in [0.25, 0.3) is 0 Å². The number of ether oxygens (including phenoxy) is 1. The summed E-state index contributed by atoms with van der Waals surface area (Å²) >= 11 is 0. The van der Waals surface area contributed by atoms with Crippen LogP contribution in [0.2, 0.25) is 0 Å². The van der Waals surface area contributed by atoms with Crippen LogP contribution in [0.3, 0.4) is 0 Å². The van der Waals surface area contributed by atoms with E-state index in [-0.39, 0.29) is 0 Å². The van der Waals surface area contributed by atoms with Crippen molar-refractivity contribution >= 4 is 5.97 Å². The van der Waals surface area contributed by atoms with Crippen molar-refractivity contribution in [3.63, 3.8) is 0 Å². The van der Waals surface area contributed by atoms with Gasteiger partial charge in [0.15, 0.2) is 0 Å². The Balaban J connectivity index is 2.13. The molecule has 86 valence electrons. The van der Waals surface area contributed by atoms with E-state index in [0.717, 1.165) is 12.8 Å². The molecule has 0 saturated heterocycles. The molecule has 1 aromatic rings. The first-order chi connectivity index (χ1) is 7.70. The zero-order chi connectivity index (χ0) is 11.5. The Kier molecular flexibility index (Phi) is 3.05. The van der Waals surface area contributed by atoms with Gasteiger partial charge in [0.2, 0.25) is 5.88 Å². The topological polar surface area (TPSA) is 71.5 Å². The smallest absolute Gasteiger partial charge is 0.325 e. The number of nitrogens with one attached hydrogen (secondary N) is 1. The third-order valence-electron chi connectivity index (χ3n) is 2.53. The van der Waals surface area contributed by atoms with Gasteiger partial charge in [-0.2, -0.15) is 0 Å². The van der Waals surface area contributed by atoms with Crippen molar-refractivity contribution in [2.24, 2.45) is 0 Å². The van der Waals surface area contributed by atoms with E-state index < -0.39 is 12.0 Å². The molecule has 5 nitrogen and oxygen atoms in total. The van der Waals surface area contributed by atoms with Crippen LogP contribution in [-0.2, 0) is 4.79 Å². The molecule has 0 aromatic carbocycles. The Morgan fingerprint density at radius 1 is 1.62 bits per heavy atom. The second-order valence-corrected chi connectivity index (χ2v) is 3.85. The standard InChI is InChI=1S/C11H14N2O3/c1-16-9-5-2-7(6-12-9)10(11(14)15)13-8-3-4-8/h2,5-6,8,10,13H,3-4H2,1H3,(H,14,15). The van der Waals surface area contributed by atoms with Crippen molar-refractivity contribution in [1.29, 1.82) is 0 Å². The normalized spacial score (nSPS) is 16.8. The molecule has 2 N–H and O–H groups in total. The van der Waals surface area contributed by atoms with E-state index in [1.807, 2.05) is 0 Å². The summed E-state index contributed by atoms with van der Waals surface area (Å²) in [6.45, 7) is 0. The van der Waals surface area contributed by atoms with Gasteiger partial charge in [-0.3, -0.25) is 10.1 Å². The zero-order valence-corrected chi connectivity index (χ0v) is 9.01. The fourth-order valence-electron chi connectivity index (χ4n) is 1.48. The molecule has 1 heterocycles. The van der Waals surface area contributed by atoms with Gasteiger partial charge in [0, 0.05) is 18.3 Å². The van der Waals surface area contributed by atoms with Crippen molar-refractivity contribution in [3.8, 4) is 5.88 Å². The zero-order valence-electron chi connectivity index (χ0n) is 9.01. The van der Waals surface area contributed by atoms with Gasteiger partial charge in [-0.15, -0.1) is 0 Å². The van der Waals surface area contributed by atoms with Crippen LogP contribution in [-0.4, -0.2) is 29.2 Å². The van der Waals surface area contributed by atoms with Crippen LogP contribution < -0.4 is 10.1 Å². The van der Waals surface area contributed by atoms with Crippen LogP contribution in [0, 0.1) is 0 Å². The Morgan fingerprint density at radius 2 is 2.38 bits per heavy atom. The first kappa shape index (κ1) is 10.9. The Labute approximate surface area is 93.5 Å². The average molecular weight is 222 g/mol. The van der Waals surface area contributed by atoms with Gasteiger partial charge in [0.1, 0.15) is 6.04 Å². The molecule has 0 aliphatic heterocycles. The molecule has 1 fully saturated rings. The van der Waals surface area contributed by atoms with Crippen LogP contribution in [0.25, 0.3) is 0 Å². The van der Waals surface area contributed by atoms with Gasteiger partial charge in [0.05, 0.1) is 7.11 Å². The number of aromatic nitrogens is 1. The fraction of sp³-hybridized carbons (Fsp3) is 0.455. The summed E-state index contributed by atoms with van der Waals surface area (Å²) in [6.07, 6.45) is 3.63.